The van der Waals surface area contributed by atoms with Gasteiger partial charge in [0.1, 0.15) is 5.82 Å². The van der Waals surface area contributed by atoms with E-state index in [2.05, 4.69) is 25.4 Å². The van der Waals surface area contributed by atoms with E-state index in [1.165, 1.54) is 0 Å². The highest BCUT2D eigenvalue weighted by atomic mass is 16.5. The van der Waals surface area contributed by atoms with Crippen LogP contribution < -0.4 is 10.1 Å². The number of anilines is 1. The Bertz CT molecular complexity index is 787. The molecular formula is C16H17N5O2. The topological polar surface area (TPSA) is 86.0 Å². The van der Waals surface area contributed by atoms with Gasteiger partial charge in [-0.15, -0.1) is 0 Å². The summed E-state index contributed by atoms with van der Waals surface area (Å²) in [6.45, 7) is 4.88. The number of aryl methyl sites for hydroxylation is 1. The first-order valence-electron chi connectivity index (χ1n) is 7.33. The van der Waals surface area contributed by atoms with Crippen molar-refractivity contribution in [2.45, 2.75) is 20.4 Å². The van der Waals surface area contributed by atoms with Crippen molar-refractivity contribution in [3.63, 3.8) is 0 Å². The monoisotopic (exact) mass is 311 g/mol. The number of nitrogens with one attached hydrogen (secondary N) is 1. The smallest absolute Gasteiger partial charge is 0.261 e. The molecule has 0 saturated heterocycles. The minimum absolute atomic E-state index is 0.447. The summed E-state index contributed by atoms with van der Waals surface area (Å²) in [7, 11) is 0. The van der Waals surface area contributed by atoms with E-state index < -0.39 is 0 Å². The summed E-state index contributed by atoms with van der Waals surface area (Å²) in [5, 5.41) is 7.10. The van der Waals surface area contributed by atoms with Crippen molar-refractivity contribution < 1.29 is 9.26 Å². The normalized spacial score (nSPS) is 10.5. The molecule has 0 saturated carbocycles. The van der Waals surface area contributed by atoms with Crippen molar-refractivity contribution in [3.8, 4) is 17.3 Å². The summed E-state index contributed by atoms with van der Waals surface area (Å²) in [5.41, 5.74) is 1.81. The summed E-state index contributed by atoms with van der Waals surface area (Å²) in [6, 6.07) is 7.55. The highest BCUT2D eigenvalue weighted by molar-refractivity contribution is 5.68. The molecule has 0 aliphatic carbocycles. The molecule has 7 nitrogen and oxygen atoms in total. The zero-order chi connectivity index (χ0) is 16.1. The Kier molecular flexibility index (Phi) is 4.46. The molecule has 3 aromatic rings. The van der Waals surface area contributed by atoms with Gasteiger partial charge in [-0.1, -0.05) is 5.16 Å². The van der Waals surface area contributed by atoms with Gasteiger partial charge in [0.05, 0.1) is 12.2 Å². The quantitative estimate of drug-likeness (QED) is 0.749. The standard InChI is InChI=1S/C16H17N5O2/c1-3-22-14-9-12(6-8-17-14)10-19-15-13(5-4-7-18-15)16-20-11(2)21-23-16/h4-9H,3,10H2,1-2H3,(H,18,19). The van der Waals surface area contributed by atoms with Crippen LogP contribution >= 0.6 is 0 Å². The molecule has 0 aliphatic heterocycles. The van der Waals surface area contributed by atoms with Crippen molar-refractivity contribution in [1.29, 1.82) is 0 Å². The van der Waals surface area contributed by atoms with Crippen LogP contribution in [0.15, 0.2) is 41.2 Å². The fraction of sp³-hybridized carbons (Fsp3) is 0.250. The van der Waals surface area contributed by atoms with E-state index in [0.29, 0.717) is 36.6 Å². The molecule has 0 unspecified atom stereocenters. The SMILES string of the molecule is CCOc1cc(CNc2ncccc2-c2nc(C)no2)ccn1. The van der Waals surface area contributed by atoms with Gasteiger partial charge in [-0.05, 0) is 37.6 Å². The molecule has 0 bridgehead atoms. The average Bonchev–Trinajstić information content (AvgIpc) is 3.00. The van der Waals surface area contributed by atoms with E-state index >= 15 is 0 Å². The zero-order valence-corrected chi connectivity index (χ0v) is 13.0. The maximum atomic E-state index is 5.41. The van der Waals surface area contributed by atoms with Crippen LogP contribution in [0.5, 0.6) is 5.88 Å². The molecule has 7 heteroatoms. The Hall–Kier alpha value is -2.96. The molecule has 3 rings (SSSR count). The molecular weight excluding hydrogens is 294 g/mol. The third kappa shape index (κ3) is 3.63. The summed E-state index contributed by atoms with van der Waals surface area (Å²) >= 11 is 0. The predicted octanol–water partition coefficient (Wildman–Crippen LogP) is 2.85. The van der Waals surface area contributed by atoms with Gasteiger partial charge in [-0.2, -0.15) is 4.98 Å². The van der Waals surface area contributed by atoms with Crippen LogP contribution in [0.4, 0.5) is 5.82 Å². The van der Waals surface area contributed by atoms with Crippen LogP contribution in [0, 0.1) is 6.92 Å². The van der Waals surface area contributed by atoms with E-state index in [1.807, 2.05) is 31.2 Å². The Morgan fingerprint density at radius 1 is 1.22 bits per heavy atom. The first kappa shape index (κ1) is 15.0. The molecule has 23 heavy (non-hydrogen) atoms. The van der Waals surface area contributed by atoms with Crippen LogP contribution in [-0.2, 0) is 6.54 Å². The third-order valence-electron chi connectivity index (χ3n) is 3.12. The van der Waals surface area contributed by atoms with E-state index in [-0.39, 0.29) is 0 Å². The van der Waals surface area contributed by atoms with Crippen LogP contribution in [-0.4, -0.2) is 26.7 Å². The van der Waals surface area contributed by atoms with Crippen LogP contribution in [0.1, 0.15) is 18.3 Å². The molecule has 1 N–H and O–H groups in total. The number of nitrogens with zero attached hydrogens (tertiary/aromatic N) is 4. The van der Waals surface area contributed by atoms with Gasteiger partial charge in [-0.3, -0.25) is 0 Å². The van der Waals surface area contributed by atoms with Gasteiger partial charge >= 0.3 is 0 Å². The number of rotatable bonds is 6. The average molecular weight is 311 g/mol. The maximum absolute atomic E-state index is 5.41. The highest BCUT2D eigenvalue weighted by Gasteiger charge is 2.12. The lowest BCUT2D eigenvalue weighted by molar-refractivity contribution is 0.326. The minimum atomic E-state index is 0.447. The molecule has 0 fully saturated rings. The molecule has 0 radical (unpaired) electrons. The first-order valence-corrected chi connectivity index (χ1v) is 7.33. The molecule has 118 valence electrons. The zero-order valence-electron chi connectivity index (χ0n) is 13.0. The summed E-state index contributed by atoms with van der Waals surface area (Å²) in [6.07, 6.45) is 3.44. The van der Waals surface area contributed by atoms with Gasteiger partial charge in [0.25, 0.3) is 5.89 Å². The van der Waals surface area contributed by atoms with Gasteiger partial charge in [0.2, 0.25) is 5.88 Å². The largest absolute Gasteiger partial charge is 0.478 e. The summed E-state index contributed by atoms with van der Waals surface area (Å²) in [4.78, 5) is 12.8. The minimum Gasteiger partial charge on any atom is -0.478 e. The third-order valence-corrected chi connectivity index (χ3v) is 3.12. The molecule has 0 aliphatic rings. The molecule has 0 atom stereocenters. The summed E-state index contributed by atoms with van der Waals surface area (Å²) < 4.78 is 10.6. The Labute approximate surface area is 133 Å². The van der Waals surface area contributed by atoms with Crippen molar-refractivity contribution in [2.24, 2.45) is 0 Å². The van der Waals surface area contributed by atoms with E-state index in [0.717, 1.165) is 11.1 Å². The Morgan fingerprint density at radius 3 is 2.91 bits per heavy atom. The van der Waals surface area contributed by atoms with Crippen LogP contribution in [0.2, 0.25) is 0 Å². The fourth-order valence-electron chi connectivity index (χ4n) is 2.10. The van der Waals surface area contributed by atoms with E-state index in [9.17, 15) is 0 Å². The number of ether oxygens (including phenoxy) is 1. The summed E-state index contributed by atoms with van der Waals surface area (Å²) in [5.74, 6) is 2.33. The van der Waals surface area contributed by atoms with E-state index in [4.69, 9.17) is 9.26 Å². The van der Waals surface area contributed by atoms with E-state index in [1.54, 1.807) is 19.3 Å². The molecule has 3 aromatic heterocycles. The second kappa shape index (κ2) is 6.87. The molecule has 0 amide bonds. The lowest BCUT2D eigenvalue weighted by atomic mass is 10.2. The van der Waals surface area contributed by atoms with Gasteiger partial charge in [0, 0.05) is 25.0 Å². The van der Waals surface area contributed by atoms with Crippen LogP contribution in [0.25, 0.3) is 11.5 Å². The molecule has 0 spiro atoms. The number of aromatic nitrogens is 4. The Balaban J connectivity index is 1.77. The fourth-order valence-corrected chi connectivity index (χ4v) is 2.10. The lowest BCUT2D eigenvalue weighted by Crippen LogP contribution is -2.04. The van der Waals surface area contributed by atoms with Crippen molar-refractivity contribution in [2.75, 3.05) is 11.9 Å². The highest BCUT2D eigenvalue weighted by Crippen LogP contribution is 2.24. The second-order valence-corrected chi connectivity index (χ2v) is 4.84. The number of pyridine rings is 2. The van der Waals surface area contributed by atoms with Crippen molar-refractivity contribution in [1.82, 2.24) is 20.1 Å². The Morgan fingerprint density at radius 2 is 2.13 bits per heavy atom. The molecule has 3 heterocycles. The van der Waals surface area contributed by atoms with Gasteiger partial charge in [-0.25, -0.2) is 9.97 Å². The number of hydrogen-bond donors (Lipinski definition) is 1. The maximum Gasteiger partial charge on any atom is 0.261 e. The van der Waals surface area contributed by atoms with Crippen molar-refractivity contribution in [3.05, 3.63) is 48.0 Å². The van der Waals surface area contributed by atoms with Gasteiger partial charge in [0.15, 0.2) is 5.82 Å². The lowest BCUT2D eigenvalue weighted by Gasteiger charge is -2.09. The van der Waals surface area contributed by atoms with Gasteiger partial charge < -0.3 is 14.6 Å². The first-order chi connectivity index (χ1) is 11.3. The van der Waals surface area contributed by atoms with Crippen molar-refractivity contribution >= 4 is 5.82 Å². The number of hydrogen-bond acceptors (Lipinski definition) is 7. The predicted molar refractivity (Wildman–Crippen MR) is 85.0 cm³/mol. The second-order valence-electron chi connectivity index (χ2n) is 4.84. The molecule has 0 aromatic carbocycles. The van der Waals surface area contributed by atoms with Crippen LogP contribution in [0.3, 0.4) is 0 Å².